The monoisotopic (exact) mass is 214 g/mol. The topological polar surface area (TPSA) is 15.6 Å². The Morgan fingerprint density at radius 2 is 2.08 bits per heavy atom. The molecule has 2 nitrogen and oxygen atoms in total. The van der Waals surface area contributed by atoms with E-state index in [9.17, 15) is 0 Å². The first-order valence-electron chi connectivity index (χ1n) is 3.99. The largest absolute Gasteiger partial charge is 0.331 e. The summed E-state index contributed by atoms with van der Waals surface area (Å²) in [6.07, 6.45) is 1.82. The Morgan fingerprint density at radius 3 is 2.69 bits per heavy atom. The van der Waals surface area contributed by atoms with Crippen molar-refractivity contribution < 1.29 is 0 Å². The molecular formula is C9H8Cl2N2. The van der Waals surface area contributed by atoms with Crippen molar-refractivity contribution >= 4 is 35.2 Å². The van der Waals surface area contributed by atoms with Gasteiger partial charge < -0.3 is 4.90 Å². The van der Waals surface area contributed by atoms with Crippen LogP contribution in [0.1, 0.15) is 0 Å². The Balaban J connectivity index is 2.30. The minimum absolute atomic E-state index is 0.583. The molecule has 1 aliphatic rings. The molecule has 0 aromatic heterocycles. The van der Waals surface area contributed by atoms with Gasteiger partial charge in [-0.15, -0.1) is 0 Å². The fraction of sp³-hybridized carbons (Fsp3) is 0.222. The Hall–Kier alpha value is -0.730. The smallest absolute Gasteiger partial charge is 0.0895 e. The molecule has 1 heterocycles. The lowest BCUT2D eigenvalue weighted by Crippen LogP contribution is -2.17. The predicted molar refractivity (Wildman–Crippen MR) is 57.2 cm³/mol. The molecule has 0 unspecified atom stereocenters. The number of benzene rings is 1. The van der Waals surface area contributed by atoms with Crippen LogP contribution >= 0.6 is 23.2 Å². The van der Waals surface area contributed by atoms with Gasteiger partial charge >= 0.3 is 0 Å². The molecule has 4 heteroatoms. The molecule has 0 saturated heterocycles. The van der Waals surface area contributed by atoms with Gasteiger partial charge in [0, 0.05) is 12.2 Å². The summed E-state index contributed by atoms with van der Waals surface area (Å²) in [5, 5.41) is 1.17. The van der Waals surface area contributed by atoms with Crippen molar-refractivity contribution in [2.24, 2.45) is 4.99 Å². The normalized spacial score (nSPS) is 15.4. The fourth-order valence-electron chi connectivity index (χ4n) is 1.24. The third kappa shape index (κ3) is 1.79. The second-order valence-corrected chi connectivity index (χ2v) is 3.63. The van der Waals surface area contributed by atoms with Crippen molar-refractivity contribution in [3.63, 3.8) is 0 Å². The summed E-state index contributed by atoms with van der Waals surface area (Å²) < 4.78 is 0. The van der Waals surface area contributed by atoms with Crippen molar-refractivity contribution in [1.29, 1.82) is 0 Å². The van der Waals surface area contributed by atoms with E-state index in [0.29, 0.717) is 10.0 Å². The molecule has 0 aliphatic carbocycles. The summed E-state index contributed by atoms with van der Waals surface area (Å²) in [4.78, 5) is 6.16. The SMILES string of the molecule is Clc1ccc(N2C=NCC2)cc1Cl. The lowest BCUT2D eigenvalue weighted by atomic mass is 10.3. The number of anilines is 1. The molecule has 0 radical (unpaired) electrons. The molecule has 0 atom stereocenters. The van der Waals surface area contributed by atoms with Crippen molar-refractivity contribution in [1.82, 2.24) is 0 Å². The molecule has 0 amide bonds. The van der Waals surface area contributed by atoms with Gasteiger partial charge in [-0.1, -0.05) is 23.2 Å². The van der Waals surface area contributed by atoms with Crippen LogP contribution < -0.4 is 4.90 Å². The van der Waals surface area contributed by atoms with Crippen LogP contribution in [0.3, 0.4) is 0 Å². The first kappa shape index (κ1) is 8.85. The van der Waals surface area contributed by atoms with Gasteiger partial charge in [-0.2, -0.15) is 0 Å². The highest BCUT2D eigenvalue weighted by molar-refractivity contribution is 6.42. The summed E-state index contributed by atoms with van der Waals surface area (Å²) in [7, 11) is 0. The minimum Gasteiger partial charge on any atom is -0.331 e. The zero-order valence-corrected chi connectivity index (χ0v) is 8.39. The van der Waals surface area contributed by atoms with E-state index in [0.717, 1.165) is 18.8 Å². The molecule has 13 heavy (non-hydrogen) atoms. The third-order valence-electron chi connectivity index (χ3n) is 1.93. The number of aliphatic imine (C=N–C) groups is 1. The van der Waals surface area contributed by atoms with Crippen molar-refractivity contribution in [3.8, 4) is 0 Å². The fourth-order valence-corrected chi connectivity index (χ4v) is 1.53. The Bertz CT molecular complexity index is 349. The highest BCUT2D eigenvalue weighted by Crippen LogP contribution is 2.27. The summed E-state index contributed by atoms with van der Waals surface area (Å²) in [6, 6.07) is 5.58. The maximum atomic E-state index is 5.89. The van der Waals surface area contributed by atoms with Gasteiger partial charge in [0.05, 0.1) is 22.9 Å². The third-order valence-corrected chi connectivity index (χ3v) is 2.66. The van der Waals surface area contributed by atoms with E-state index in [1.54, 1.807) is 6.07 Å². The van der Waals surface area contributed by atoms with E-state index in [1.165, 1.54) is 0 Å². The van der Waals surface area contributed by atoms with Gasteiger partial charge in [-0.05, 0) is 18.2 Å². The first-order chi connectivity index (χ1) is 6.27. The molecule has 0 fully saturated rings. The molecule has 1 aromatic carbocycles. The predicted octanol–water partition coefficient (Wildman–Crippen LogP) is 2.84. The summed E-state index contributed by atoms with van der Waals surface area (Å²) >= 11 is 11.7. The number of rotatable bonds is 1. The highest BCUT2D eigenvalue weighted by atomic mass is 35.5. The van der Waals surface area contributed by atoms with Crippen molar-refractivity contribution in [2.75, 3.05) is 18.0 Å². The minimum atomic E-state index is 0.583. The van der Waals surface area contributed by atoms with Crippen LogP contribution in [0.15, 0.2) is 23.2 Å². The lowest BCUT2D eigenvalue weighted by molar-refractivity contribution is 1.02. The molecular weight excluding hydrogens is 207 g/mol. The molecule has 1 aromatic rings. The quantitative estimate of drug-likeness (QED) is 0.703. The van der Waals surface area contributed by atoms with E-state index in [2.05, 4.69) is 4.99 Å². The summed E-state index contributed by atoms with van der Waals surface area (Å²) in [5.74, 6) is 0. The van der Waals surface area contributed by atoms with Gasteiger partial charge in [0.25, 0.3) is 0 Å². The average Bonchev–Trinajstić information content (AvgIpc) is 2.62. The zero-order valence-electron chi connectivity index (χ0n) is 6.87. The van der Waals surface area contributed by atoms with E-state index in [1.807, 2.05) is 23.4 Å². The van der Waals surface area contributed by atoms with Gasteiger partial charge in [-0.3, -0.25) is 4.99 Å². The number of halogens is 2. The number of hydrogen-bond donors (Lipinski definition) is 0. The van der Waals surface area contributed by atoms with Crippen LogP contribution in [0.25, 0.3) is 0 Å². The van der Waals surface area contributed by atoms with E-state index in [4.69, 9.17) is 23.2 Å². The highest BCUT2D eigenvalue weighted by Gasteiger charge is 2.08. The zero-order chi connectivity index (χ0) is 9.26. The van der Waals surface area contributed by atoms with E-state index >= 15 is 0 Å². The Morgan fingerprint density at radius 1 is 1.23 bits per heavy atom. The summed E-state index contributed by atoms with van der Waals surface area (Å²) in [6.45, 7) is 1.76. The van der Waals surface area contributed by atoms with Crippen molar-refractivity contribution in [2.45, 2.75) is 0 Å². The number of nitrogens with zero attached hydrogens (tertiary/aromatic N) is 2. The van der Waals surface area contributed by atoms with Crippen LogP contribution in [0.2, 0.25) is 10.0 Å². The summed E-state index contributed by atoms with van der Waals surface area (Å²) in [5.41, 5.74) is 1.04. The van der Waals surface area contributed by atoms with Gasteiger partial charge in [0.2, 0.25) is 0 Å². The first-order valence-corrected chi connectivity index (χ1v) is 4.74. The lowest BCUT2D eigenvalue weighted by Gasteiger charge is -2.14. The molecule has 0 N–H and O–H groups in total. The van der Waals surface area contributed by atoms with E-state index in [-0.39, 0.29) is 0 Å². The van der Waals surface area contributed by atoms with Crippen LogP contribution in [0, 0.1) is 0 Å². The molecule has 1 aliphatic heterocycles. The molecule has 0 saturated carbocycles. The van der Waals surface area contributed by atoms with Crippen LogP contribution in [-0.2, 0) is 0 Å². The molecule has 2 rings (SSSR count). The maximum absolute atomic E-state index is 5.89. The Kier molecular flexibility index (Phi) is 2.42. The molecule has 0 spiro atoms. The van der Waals surface area contributed by atoms with Gasteiger partial charge in [0.15, 0.2) is 0 Å². The molecule has 0 bridgehead atoms. The van der Waals surface area contributed by atoms with E-state index < -0.39 is 0 Å². The second kappa shape index (κ2) is 3.56. The average molecular weight is 215 g/mol. The van der Waals surface area contributed by atoms with Crippen molar-refractivity contribution in [3.05, 3.63) is 28.2 Å². The standard InChI is InChI=1S/C9H8Cl2N2/c10-8-2-1-7(5-9(8)11)13-4-3-12-6-13/h1-2,5-6H,3-4H2. The maximum Gasteiger partial charge on any atom is 0.0895 e. The van der Waals surface area contributed by atoms with Crippen LogP contribution in [-0.4, -0.2) is 19.4 Å². The van der Waals surface area contributed by atoms with Gasteiger partial charge in [-0.25, -0.2) is 0 Å². The van der Waals surface area contributed by atoms with Crippen LogP contribution in [0.4, 0.5) is 5.69 Å². The Labute approximate surface area is 86.8 Å². The van der Waals surface area contributed by atoms with Gasteiger partial charge in [0.1, 0.15) is 0 Å². The molecule has 68 valence electrons. The van der Waals surface area contributed by atoms with Crippen LogP contribution in [0.5, 0.6) is 0 Å². The second-order valence-electron chi connectivity index (χ2n) is 2.81. The number of hydrogen-bond acceptors (Lipinski definition) is 2.